The van der Waals surface area contributed by atoms with Crippen LogP contribution < -0.4 is 0 Å². The summed E-state index contributed by atoms with van der Waals surface area (Å²) < 4.78 is 0. The van der Waals surface area contributed by atoms with Crippen molar-refractivity contribution in [2.24, 2.45) is 0 Å². The summed E-state index contributed by atoms with van der Waals surface area (Å²) in [7, 11) is 0. The lowest BCUT2D eigenvalue weighted by Crippen LogP contribution is -2.39. The molecule has 0 bridgehead atoms. The molecule has 1 unspecified atom stereocenters. The number of hydrogen-bond acceptors (Lipinski definition) is 2. The van der Waals surface area contributed by atoms with E-state index in [2.05, 4.69) is 43.0 Å². The van der Waals surface area contributed by atoms with Gasteiger partial charge in [-0.25, -0.2) is 0 Å². The Morgan fingerprint density at radius 1 is 0.565 bits per heavy atom. The van der Waals surface area contributed by atoms with E-state index >= 15 is 0 Å². The lowest BCUT2D eigenvalue weighted by molar-refractivity contribution is 0.137. The minimum Gasteiger partial charge on any atom is -0.356 e. The fraction of sp³-hybridized carbons (Fsp3) is 0.905. The topological polar surface area (TPSA) is 6.48 Å². The quantitative estimate of drug-likeness (QED) is 0.316. The van der Waals surface area contributed by atoms with E-state index in [9.17, 15) is 0 Å². The van der Waals surface area contributed by atoms with Crippen molar-refractivity contribution in [2.75, 3.05) is 13.1 Å². The van der Waals surface area contributed by atoms with Crippen molar-refractivity contribution in [2.45, 2.75) is 110 Å². The second-order valence-electron chi connectivity index (χ2n) is 7.23. The van der Waals surface area contributed by atoms with E-state index < -0.39 is 0 Å². The molecule has 1 aliphatic rings. The van der Waals surface area contributed by atoms with Crippen molar-refractivity contribution in [3.05, 3.63) is 12.4 Å². The number of rotatable bonds is 15. The Hall–Kier alpha value is -0.660. The summed E-state index contributed by atoms with van der Waals surface area (Å²) in [6.07, 6.45) is 23.3. The van der Waals surface area contributed by atoms with Crippen molar-refractivity contribution < 1.29 is 0 Å². The first-order chi connectivity index (χ1) is 11.3. The van der Waals surface area contributed by atoms with Crippen LogP contribution in [0.2, 0.25) is 0 Å². The number of unbranched alkanes of at least 4 members (excludes halogenated alkanes) is 9. The highest BCUT2D eigenvalue weighted by molar-refractivity contribution is 4.96. The predicted octanol–water partition coefficient (Wildman–Crippen LogP) is 6.53. The summed E-state index contributed by atoms with van der Waals surface area (Å²) in [5.41, 5.74) is 0. The van der Waals surface area contributed by atoms with E-state index in [-0.39, 0.29) is 0 Å². The first-order valence-electron chi connectivity index (χ1n) is 10.5. The van der Waals surface area contributed by atoms with Crippen LogP contribution in [0.3, 0.4) is 0 Å². The first-order valence-corrected chi connectivity index (χ1v) is 10.5. The molecule has 1 atom stereocenters. The number of hydrogen-bond donors (Lipinski definition) is 0. The van der Waals surface area contributed by atoms with Gasteiger partial charge in [-0.1, -0.05) is 78.6 Å². The van der Waals surface area contributed by atoms with Crippen LogP contribution in [0, 0.1) is 0 Å². The molecule has 23 heavy (non-hydrogen) atoms. The molecule has 2 nitrogen and oxygen atoms in total. The van der Waals surface area contributed by atoms with Gasteiger partial charge < -0.3 is 9.80 Å². The zero-order valence-corrected chi connectivity index (χ0v) is 16.2. The summed E-state index contributed by atoms with van der Waals surface area (Å²) in [5.74, 6) is 0. The first kappa shape index (κ1) is 20.4. The van der Waals surface area contributed by atoms with Crippen molar-refractivity contribution >= 4 is 0 Å². The molecule has 0 aliphatic carbocycles. The lowest BCUT2D eigenvalue weighted by Gasteiger charge is -2.33. The molecule has 0 N–H and O–H groups in total. The summed E-state index contributed by atoms with van der Waals surface area (Å²) in [4.78, 5) is 5.20. The zero-order chi connectivity index (χ0) is 16.8. The average Bonchev–Trinajstić information content (AvgIpc) is 2.93. The van der Waals surface area contributed by atoms with E-state index in [1.54, 1.807) is 0 Å². The third-order valence-corrected chi connectivity index (χ3v) is 5.03. The average molecular weight is 323 g/mol. The maximum Gasteiger partial charge on any atom is 0.101 e. The molecule has 136 valence electrons. The highest BCUT2D eigenvalue weighted by Crippen LogP contribution is 2.23. The zero-order valence-electron chi connectivity index (χ0n) is 16.2. The van der Waals surface area contributed by atoms with Gasteiger partial charge in [-0.05, 0) is 25.7 Å². The standard InChI is InChI=1S/C21H42N2/c1-4-7-9-11-13-15-18-23-20-19-22(17-6-3)21(23)16-14-12-10-8-5-2/h19-21H,4-18H2,1-3H3. The van der Waals surface area contributed by atoms with Crippen LogP contribution in [0.1, 0.15) is 104 Å². The molecule has 2 heteroatoms. The molecule has 0 aromatic carbocycles. The molecule has 0 spiro atoms. The van der Waals surface area contributed by atoms with Crippen molar-refractivity contribution in [3.8, 4) is 0 Å². The van der Waals surface area contributed by atoms with E-state index in [0.29, 0.717) is 6.17 Å². The monoisotopic (exact) mass is 322 g/mol. The fourth-order valence-corrected chi connectivity index (χ4v) is 3.60. The Labute approximate surface area is 146 Å². The Balaban J connectivity index is 2.26. The predicted molar refractivity (Wildman–Crippen MR) is 103 cm³/mol. The van der Waals surface area contributed by atoms with Crippen molar-refractivity contribution in [1.82, 2.24) is 9.80 Å². The summed E-state index contributed by atoms with van der Waals surface area (Å²) in [6, 6.07) is 0. The molecule has 0 aromatic heterocycles. The minimum absolute atomic E-state index is 0.646. The van der Waals surface area contributed by atoms with Gasteiger partial charge >= 0.3 is 0 Å². The highest BCUT2D eigenvalue weighted by Gasteiger charge is 2.24. The van der Waals surface area contributed by atoms with Crippen LogP contribution in [0.15, 0.2) is 12.4 Å². The molecule has 0 fully saturated rings. The van der Waals surface area contributed by atoms with E-state index in [1.165, 1.54) is 96.6 Å². The number of nitrogens with zero attached hydrogens (tertiary/aromatic N) is 2. The minimum atomic E-state index is 0.646. The maximum absolute atomic E-state index is 2.62. The Morgan fingerprint density at radius 3 is 1.70 bits per heavy atom. The van der Waals surface area contributed by atoms with Gasteiger partial charge in [0.25, 0.3) is 0 Å². The van der Waals surface area contributed by atoms with E-state index in [0.717, 1.165) is 0 Å². The highest BCUT2D eigenvalue weighted by atomic mass is 15.4. The molecular formula is C21H42N2. The summed E-state index contributed by atoms with van der Waals surface area (Å²) >= 11 is 0. The molecule has 0 radical (unpaired) electrons. The normalized spacial score (nSPS) is 17.4. The van der Waals surface area contributed by atoms with E-state index in [4.69, 9.17) is 0 Å². The second kappa shape index (κ2) is 13.7. The molecule has 0 aromatic rings. The molecular weight excluding hydrogens is 280 g/mol. The largest absolute Gasteiger partial charge is 0.356 e. The SMILES string of the molecule is CCCCCCCCN1C=CN(CCC)C1CCCCCCC. The Morgan fingerprint density at radius 2 is 1.09 bits per heavy atom. The smallest absolute Gasteiger partial charge is 0.101 e. The third-order valence-electron chi connectivity index (χ3n) is 5.03. The van der Waals surface area contributed by atoms with Crippen LogP contribution in [-0.2, 0) is 0 Å². The molecule has 0 amide bonds. The molecule has 0 saturated heterocycles. The van der Waals surface area contributed by atoms with Gasteiger partial charge in [0.15, 0.2) is 0 Å². The summed E-state index contributed by atoms with van der Waals surface area (Å²) in [6.45, 7) is 9.35. The van der Waals surface area contributed by atoms with Crippen molar-refractivity contribution in [3.63, 3.8) is 0 Å². The van der Waals surface area contributed by atoms with Gasteiger partial charge in [-0.15, -0.1) is 0 Å². The van der Waals surface area contributed by atoms with Crippen LogP contribution in [0.25, 0.3) is 0 Å². The van der Waals surface area contributed by atoms with Gasteiger partial charge in [0, 0.05) is 25.5 Å². The molecule has 1 rings (SSSR count). The molecule has 1 aliphatic heterocycles. The fourth-order valence-electron chi connectivity index (χ4n) is 3.60. The summed E-state index contributed by atoms with van der Waals surface area (Å²) in [5, 5.41) is 0. The lowest BCUT2D eigenvalue weighted by atomic mass is 10.1. The van der Waals surface area contributed by atoms with Crippen LogP contribution in [0.4, 0.5) is 0 Å². The van der Waals surface area contributed by atoms with Crippen LogP contribution >= 0.6 is 0 Å². The van der Waals surface area contributed by atoms with Gasteiger partial charge in [0.2, 0.25) is 0 Å². The molecule has 1 heterocycles. The maximum atomic E-state index is 2.62. The van der Waals surface area contributed by atoms with E-state index in [1.807, 2.05) is 0 Å². The van der Waals surface area contributed by atoms with Crippen molar-refractivity contribution in [1.29, 1.82) is 0 Å². The van der Waals surface area contributed by atoms with Gasteiger partial charge in [-0.2, -0.15) is 0 Å². The third kappa shape index (κ3) is 8.67. The van der Waals surface area contributed by atoms with Crippen LogP contribution in [-0.4, -0.2) is 29.1 Å². The Kier molecular flexibility index (Phi) is 12.2. The van der Waals surface area contributed by atoms with Gasteiger partial charge in [0.1, 0.15) is 6.17 Å². The van der Waals surface area contributed by atoms with Crippen LogP contribution in [0.5, 0.6) is 0 Å². The second-order valence-corrected chi connectivity index (χ2v) is 7.23. The molecule has 0 saturated carbocycles. The van der Waals surface area contributed by atoms with Gasteiger partial charge in [-0.3, -0.25) is 0 Å². The Bertz CT molecular complexity index is 288. The van der Waals surface area contributed by atoms with Gasteiger partial charge in [0.05, 0.1) is 0 Å².